The molecule has 2 heterocycles. The van der Waals surface area contributed by atoms with Gasteiger partial charge in [-0.1, -0.05) is 35.2 Å². The number of aryl methyl sites for hydroxylation is 1. The summed E-state index contributed by atoms with van der Waals surface area (Å²) in [6, 6.07) is 4.71. The maximum Gasteiger partial charge on any atom is 0.257 e. The second-order valence-electron chi connectivity index (χ2n) is 6.02. The van der Waals surface area contributed by atoms with Crippen LogP contribution < -0.4 is 5.32 Å². The van der Waals surface area contributed by atoms with E-state index in [1.54, 1.807) is 25.1 Å². The molecule has 27 heavy (non-hydrogen) atoms. The van der Waals surface area contributed by atoms with Crippen molar-refractivity contribution in [3.8, 4) is 0 Å². The Bertz CT molecular complexity index is 950. The molecule has 1 amide bonds. The Labute approximate surface area is 166 Å². The first kappa shape index (κ1) is 20.0. The van der Waals surface area contributed by atoms with E-state index < -0.39 is 15.9 Å². The summed E-state index contributed by atoms with van der Waals surface area (Å²) in [5.41, 5.74) is 0.895. The summed E-state index contributed by atoms with van der Waals surface area (Å²) in [4.78, 5) is 12.7. The van der Waals surface area contributed by atoms with Crippen LogP contribution in [-0.2, 0) is 10.0 Å². The fourth-order valence-electron chi connectivity index (χ4n) is 2.70. The van der Waals surface area contributed by atoms with Gasteiger partial charge in [0, 0.05) is 24.4 Å². The summed E-state index contributed by atoms with van der Waals surface area (Å²) in [6.45, 7) is 6.43. The summed E-state index contributed by atoms with van der Waals surface area (Å²) in [5.74, 6) is 0.294. The zero-order valence-corrected chi connectivity index (χ0v) is 17.3. The molecule has 7 nitrogen and oxygen atoms in total. The van der Waals surface area contributed by atoms with Crippen LogP contribution in [-0.4, -0.2) is 47.7 Å². The highest BCUT2D eigenvalue weighted by molar-refractivity contribution is 8.01. The van der Waals surface area contributed by atoms with Gasteiger partial charge >= 0.3 is 0 Å². The zero-order valence-electron chi connectivity index (χ0n) is 14.8. The van der Waals surface area contributed by atoms with Crippen LogP contribution in [0.15, 0.2) is 40.1 Å². The van der Waals surface area contributed by atoms with E-state index in [9.17, 15) is 13.2 Å². The van der Waals surface area contributed by atoms with Gasteiger partial charge in [0.2, 0.25) is 15.2 Å². The number of sulfonamides is 1. The number of thioether (sulfide) groups is 1. The van der Waals surface area contributed by atoms with Crippen molar-refractivity contribution >= 4 is 44.2 Å². The highest BCUT2D eigenvalue weighted by Crippen LogP contribution is 2.27. The van der Waals surface area contributed by atoms with Crippen LogP contribution in [0.2, 0.25) is 0 Å². The van der Waals surface area contributed by atoms with Gasteiger partial charge in [-0.2, -0.15) is 4.31 Å². The van der Waals surface area contributed by atoms with Crippen LogP contribution in [0.1, 0.15) is 28.8 Å². The van der Waals surface area contributed by atoms with E-state index in [1.165, 1.54) is 33.5 Å². The van der Waals surface area contributed by atoms with Crippen molar-refractivity contribution < 1.29 is 13.2 Å². The Morgan fingerprint density at radius 3 is 2.81 bits per heavy atom. The third-order valence-corrected chi connectivity index (χ3v) is 8.09. The Morgan fingerprint density at radius 1 is 1.37 bits per heavy atom. The largest absolute Gasteiger partial charge is 0.296 e. The lowest BCUT2D eigenvalue weighted by atomic mass is 10.1. The minimum absolute atomic E-state index is 0.177. The summed E-state index contributed by atoms with van der Waals surface area (Å²) in [6.07, 6.45) is 3.49. The first-order valence-corrected chi connectivity index (χ1v) is 11.7. The zero-order chi connectivity index (χ0) is 19.4. The minimum atomic E-state index is -3.59. The SMILES string of the molecule is C=CCSc1nnc(NC(=O)c2ccc(C)c(S(=O)(=O)N3CCCC3)c2)s1. The standard InChI is InChI=1S/C17H20N4O3S3/c1-3-10-25-17-20-19-16(26-17)18-15(22)13-7-6-12(2)14(11-13)27(23,24)21-8-4-5-9-21/h3,6-7,11H,1,4-5,8-10H2,2H3,(H,18,19,22). The predicted molar refractivity (Wildman–Crippen MR) is 108 cm³/mol. The Hall–Kier alpha value is -1.75. The molecule has 0 spiro atoms. The molecular weight excluding hydrogens is 404 g/mol. The topological polar surface area (TPSA) is 92.3 Å². The molecule has 1 fully saturated rings. The van der Waals surface area contributed by atoms with Crippen LogP contribution in [0.25, 0.3) is 0 Å². The Morgan fingerprint density at radius 2 is 2.11 bits per heavy atom. The van der Waals surface area contributed by atoms with Gasteiger partial charge in [-0.25, -0.2) is 8.42 Å². The van der Waals surface area contributed by atoms with E-state index in [0.717, 1.165) is 17.2 Å². The normalized spacial score (nSPS) is 15.0. The number of rotatable bonds is 7. The number of amides is 1. The Balaban J connectivity index is 1.79. The maximum atomic E-state index is 12.9. The molecule has 1 aliphatic heterocycles. The summed E-state index contributed by atoms with van der Waals surface area (Å²) in [5, 5.41) is 11.0. The lowest BCUT2D eigenvalue weighted by Crippen LogP contribution is -2.28. The number of hydrogen-bond donors (Lipinski definition) is 1. The van der Waals surface area contributed by atoms with Gasteiger partial charge in [0.05, 0.1) is 4.90 Å². The van der Waals surface area contributed by atoms with Gasteiger partial charge in [-0.3, -0.25) is 10.1 Å². The molecule has 144 valence electrons. The maximum absolute atomic E-state index is 12.9. The molecule has 3 rings (SSSR count). The smallest absolute Gasteiger partial charge is 0.257 e. The van der Waals surface area contributed by atoms with Crippen molar-refractivity contribution in [1.82, 2.24) is 14.5 Å². The molecule has 0 unspecified atom stereocenters. The second-order valence-corrected chi connectivity index (χ2v) is 10.2. The summed E-state index contributed by atoms with van der Waals surface area (Å²) >= 11 is 2.74. The van der Waals surface area contributed by atoms with E-state index in [2.05, 4.69) is 22.1 Å². The molecule has 10 heteroatoms. The number of carbonyl (C=O) groups is 1. The highest BCUT2D eigenvalue weighted by atomic mass is 32.2. The molecular formula is C17H20N4O3S3. The van der Waals surface area contributed by atoms with Crippen molar-refractivity contribution in [1.29, 1.82) is 0 Å². The summed E-state index contributed by atoms with van der Waals surface area (Å²) in [7, 11) is -3.59. The first-order valence-electron chi connectivity index (χ1n) is 8.41. The summed E-state index contributed by atoms with van der Waals surface area (Å²) < 4.78 is 27.9. The third kappa shape index (κ3) is 4.57. The van der Waals surface area contributed by atoms with Crippen molar-refractivity contribution in [2.24, 2.45) is 0 Å². The number of anilines is 1. The molecule has 0 saturated carbocycles. The number of carbonyl (C=O) groups excluding carboxylic acids is 1. The molecule has 1 aliphatic rings. The van der Waals surface area contributed by atoms with Crippen molar-refractivity contribution in [3.63, 3.8) is 0 Å². The molecule has 0 bridgehead atoms. The van der Waals surface area contributed by atoms with Crippen LogP contribution >= 0.6 is 23.1 Å². The molecule has 1 saturated heterocycles. The molecule has 2 aromatic rings. The molecule has 1 N–H and O–H groups in total. The highest BCUT2D eigenvalue weighted by Gasteiger charge is 2.29. The van der Waals surface area contributed by atoms with Gasteiger partial charge in [0.25, 0.3) is 5.91 Å². The average Bonchev–Trinajstić information content (AvgIpc) is 3.32. The van der Waals surface area contributed by atoms with Gasteiger partial charge in [-0.05, 0) is 37.5 Å². The van der Waals surface area contributed by atoms with Crippen LogP contribution in [0.3, 0.4) is 0 Å². The predicted octanol–water partition coefficient (Wildman–Crippen LogP) is 3.16. The molecule has 0 aliphatic carbocycles. The van der Waals surface area contributed by atoms with Gasteiger partial charge in [0.1, 0.15) is 0 Å². The molecule has 1 aromatic carbocycles. The number of nitrogens with zero attached hydrogens (tertiary/aromatic N) is 3. The van der Waals surface area contributed by atoms with Gasteiger partial charge in [-0.15, -0.1) is 16.8 Å². The molecule has 1 aromatic heterocycles. The number of nitrogens with one attached hydrogen (secondary N) is 1. The van der Waals surface area contributed by atoms with Gasteiger partial charge in [0.15, 0.2) is 4.34 Å². The molecule has 0 radical (unpaired) electrons. The van der Waals surface area contributed by atoms with Crippen molar-refractivity contribution in [3.05, 3.63) is 42.0 Å². The van der Waals surface area contributed by atoms with Crippen LogP contribution in [0.4, 0.5) is 5.13 Å². The monoisotopic (exact) mass is 424 g/mol. The van der Waals surface area contributed by atoms with E-state index in [0.29, 0.717) is 29.5 Å². The lowest BCUT2D eigenvalue weighted by Gasteiger charge is -2.17. The van der Waals surface area contributed by atoms with E-state index in [1.807, 2.05) is 0 Å². The third-order valence-electron chi connectivity index (χ3n) is 4.08. The van der Waals surface area contributed by atoms with E-state index >= 15 is 0 Å². The fourth-order valence-corrected chi connectivity index (χ4v) is 5.98. The number of hydrogen-bond acceptors (Lipinski definition) is 7. The minimum Gasteiger partial charge on any atom is -0.296 e. The average molecular weight is 425 g/mol. The quantitative estimate of drug-likeness (QED) is 0.417. The van der Waals surface area contributed by atoms with Gasteiger partial charge < -0.3 is 0 Å². The van der Waals surface area contributed by atoms with Crippen molar-refractivity contribution in [2.75, 3.05) is 24.2 Å². The number of aromatic nitrogens is 2. The second kappa shape index (κ2) is 8.51. The number of benzene rings is 1. The molecule has 0 atom stereocenters. The Kier molecular flexibility index (Phi) is 6.30. The van der Waals surface area contributed by atoms with Crippen LogP contribution in [0, 0.1) is 6.92 Å². The van der Waals surface area contributed by atoms with Crippen molar-refractivity contribution in [2.45, 2.75) is 29.0 Å². The van der Waals surface area contributed by atoms with E-state index in [4.69, 9.17) is 0 Å². The first-order chi connectivity index (χ1) is 12.9. The van der Waals surface area contributed by atoms with Crippen LogP contribution in [0.5, 0.6) is 0 Å². The fraction of sp³-hybridized carbons (Fsp3) is 0.353. The lowest BCUT2D eigenvalue weighted by molar-refractivity contribution is 0.102. The van der Waals surface area contributed by atoms with E-state index in [-0.39, 0.29) is 10.5 Å².